The lowest BCUT2D eigenvalue weighted by Gasteiger charge is -2.20. The number of carbonyl (C=O) groups is 1. The Labute approximate surface area is 188 Å². The number of fused-ring (bicyclic) bond motifs is 2. The maximum Gasteiger partial charge on any atom is 0.420 e. The molecule has 1 amide bonds. The van der Waals surface area contributed by atoms with Crippen LogP contribution in [0.5, 0.6) is 0 Å². The molecule has 0 N–H and O–H groups in total. The van der Waals surface area contributed by atoms with E-state index in [1.165, 1.54) is 15.9 Å². The van der Waals surface area contributed by atoms with Crippen molar-refractivity contribution in [1.82, 2.24) is 9.55 Å². The number of benzene rings is 3. The molecule has 0 unspecified atom stereocenters. The summed E-state index contributed by atoms with van der Waals surface area (Å²) in [5.41, 5.74) is 5.14. The molecule has 0 aliphatic heterocycles. The van der Waals surface area contributed by atoms with Crippen molar-refractivity contribution in [2.24, 2.45) is 0 Å². The number of aryl methyl sites for hydroxylation is 2. The molecule has 3 aromatic carbocycles. The topological polar surface area (TPSA) is 68.3 Å². The number of amides is 1. The normalized spacial score (nSPS) is 11.3. The first-order valence-electron chi connectivity index (χ1n) is 10.3. The molecule has 2 heterocycles. The van der Waals surface area contributed by atoms with E-state index in [1.54, 1.807) is 23.1 Å². The van der Waals surface area contributed by atoms with Crippen molar-refractivity contribution in [3.63, 3.8) is 0 Å². The molecule has 0 aliphatic rings. The Hall–Kier alpha value is -3.71. The summed E-state index contributed by atoms with van der Waals surface area (Å²) >= 11 is 1.50. The Morgan fingerprint density at radius 3 is 2.50 bits per heavy atom. The first kappa shape index (κ1) is 20.2. The molecule has 6 nitrogen and oxygen atoms in total. The molecule has 0 spiro atoms. The maximum absolute atomic E-state index is 13.5. The lowest BCUT2D eigenvalue weighted by Crippen LogP contribution is -2.35. The number of nitrogens with zero attached hydrogens (tertiary/aromatic N) is 3. The monoisotopic (exact) mass is 443 g/mol. The molecule has 2 aromatic heterocycles. The van der Waals surface area contributed by atoms with Crippen molar-refractivity contribution in [2.75, 3.05) is 4.90 Å². The molecule has 5 rings (SSSR count). The van der Waals surface area contributed by atoms with Crippen LogP contribution in [0.1, 0.15) is 16.7 Å². The zero-order valence-corrected chi connectivity index (χ0v) is 18.6. The Kier molecular flexibility index (Phi) is 5.11. The van der Waals surface area contributed by atoms with Gasteiger partial charge in [-0.3, -0.25) is 14.3 Å². The van der Waals surface area contributed by atoms with Gasteiger partial charge in [0.25, 0.3) is 0 Å². The van der Waals surface area contributed by atoms with Crippen LogP contribution in [-0.4, -0.2) is 15.5 Å². The highest BCUT2D eigenvalue weighted by atomic mass is 32.1. The zero-order chi connectivity index (χ0) is 22.2. The molecule has 0 aliphatic carbocycles. The van der Waals surface area contributed by atoms with E-state index < -0.39 is 5.76 Å². The quantitative estimate of drug-likeness (QED) is 0.381. The fraction of sp³-hybridized carbons (Fsp3) is 0.160. The highest BCUT2D eigenvalue weighted by molar-refractivity contribution is 7.22. The number of aromatic nitrogens is 2. The van der Waals surface area contributed by atoms with Crippen LogP contribution in [0.2, 0.25) is 0 Å². The third kappa shape index (κ3) is 3.61. The van der Waals surface area contributed by atoms with Gasteiger partial charge in [-0.05, 0) is 42.7 Å². The zero-order valence-electron chi connectivity index (χ0n) is 17.7. The van der Waals surface area contributed by atoms with Gasteiger partial charge >= 0.3 is 5.76 Å². The van der Waals surface area contributed by atoms with Gasteiger partial charge in [0.15, 0.2) is 10.7 Å². The third-order valence-electron chi connectivity index (χ3n) is 5.51. The maximum atomic E-state index is 13.5. The fourth-order valence-corrected chi connectivity index (χ4v) is 4.90. The smallest absolute Gasteiger partial charge is 0.408 e. The van der Waals surface area contributed by atoms with Crippen molar-refractivity contribution in [2.45, 2.75) is 26.9 Å². The van der Waals surface area contributed by atoms with Crippen LogP contribution in [0, 0.1) is 13.8 Å². The molecule has 7 heteroatoms. The van der Waals surface area contributed by atoms with Crippen molar-refractivity contribution in [3.05, 3.63) is 94.0 Å². The number of thiazole rings is 1. The van der Waals surface area contributed by atoms with Crippen LogP contribution in [0.4, 0.5) is 5.13 Å². The number of hydrogen-bond donors (Lipinski definition) is 0. The average Bonchev–Trinajstić information content (AvgIpc) is 3.38. The van der Waals surface area contributed by atoms with Crippen molar-refractivity contribution in [1.29, 1.82) is 0 Å². The summed E-state index contributed by atoms with van der Waals surface area (Å²) in [5.74, 6) is -0.771. The largest absolute Gasteiger partial charge is 0.420 e. The minimum Gasteiger partial charge on any atom is -0.408 e. The molecular weight excluding hydrogens is 422 g/mol. The van der Waals surface area contributed by atoms with Gasteiger partial charge in [0, 0.05) is 0 Å². The molecule has 0 bridgehead atoms. The average molecular weight is 444 g/mol. The second kappa shape index (κ2) is 8.09. The highest BCUT2D eigenvalue weighted by Gasteiger charge is 2.23. The lowest BCUT2D eigenvalue weighted by molar-refractivity contribution is -0.119. The molecule has 0 radical (unpaired) electrons. The second-order valence-corrected chi connectivity index (χ2v) is 8.74. The van der Waals surface area contributed by atoms with Crippen molar-refractivity contribution >= 4 is 43.7 Å². The van der Waals surface area contributed by atoms with E-state index in [-0.39, 0.29) is 12.5 Å². The van der Waals surface area contributed by atoms with Crippen molar-refractivity contribution < 1.29 is 9.21 Å². The van der Waals surface area contributed by atoms with Crippen LogP contribution >= 0.6 is 11.3 Å². The van der Waals surface area contributed by atoms with Crippen LogP contribution in [0.25, 0.3) is 21.3 Å². The van der Waals surface area contributed by atoms with Gasteiger partial charge in [-0.25, -0.2) is 9.78 Å². The molecule has 5 aromatic rings. The van der Waals surface area contributed by atoms with E-state index in [9.17, 15) is 9.59 Å². The minimum absolute atomic E-state index is 0.128. The molecule has 32 heavy (non-hydrogen) atoms. The summed E-state index contributed by atoms with van der Waals surface area (Å²) in [6.45, 7) is 4.30. The minimum atomic E-state index is -0.546. The van der Waals surface area contributed by atoms with Gasteiger partial charge in [0.1, 0.15) is 6.54 Å². The highest BCUT2D eigenvalue weighted by Crippen LogP contribution is 2.34. The van der Waals surface area contributed by atoms with E-state index >= 15 is 0 Å². The second-order valence-electron chi connectivity index (χ2n) is 7.76. The number of anilines is 1. The number of para-hydroxylation sites is 2. The van der Waals surface area contributed by atoms with Gasteiger partial charge in [0.05, 0.1) is 22.3 Å². The van der Waals surface area contributed by atoms with Gasteiger partial charge in [0.2, 0.25) is 5.91 Å². The predicted octanol–water partition coefficient (Wildman–Crippen LogP) is 5.05. The third-order valence-corrected chi connectivity index (χ3v) is 6.73. The molecule has 0 fully saturated rings. The van der Waals surface area contributed by atoms with Gasteiger partial charge < -0.3 is 4.42 Å². The van der Waals surface area contributed by atoms with Gasteiger partial charge in [-0.15, -0.1) is 0 Å². The Bertz CT molecular complexity index is 1460. The van der Waals surface area contributed by atoms with E-state index in [1.807, 2.05) is 56.3 Å². The Morgan fingerprint density at radius 2 is 1.72 bits per heavy atom. The molecule has 0 saturated heterocycles. The van der Waals surface area contributed by atoms with Crippen LogP contribution < -0.4 is 10.7 Å². The Morgan fingerprint density at radius 1 is 1.00 bits per heavy atom. The molecular formula is C25H21N3O3S. The molecule has 160 valence electrons. The summed E-state index contributed by atoms with van der Waals surface area (Å²) < 4.78 is 7.75. The number of rotatable bonds is 5. The first-order chi connectivity index (χ1) is 15.5. The Balaban J connectivity index is 1.57. The molecule has 0 atom stereocenters. The fourth-order valence-electron chi connectivity index (χ4n) is 3.78. The summed E-state index contributed by atoms with van der Waals surface area (Å²) in [5, 5.41) is 0.618. The number of carbonyl (C=O) groups excluding carboxylic acids is 1. The van der Waals surface area contributed by atoms with Crippen LogP contribution in [0.3, 0.4) is 0 Å². The van der Waals surface area contributed by atoms with E-state index in [4.69, 9.17) is 9.40 Å². The number of hydrogen-bond acceptors (Lipinski definition) is 5. The van der Waals surface area contributed by atoms with Crippen LogP contribution in [-0.2, 0) is 17.9 Å². The SMILES string of the molecule is Cc1ccc(C)c2sc(N(Cc3ccccc3)C(=O)Cn3c(=O)oc4ccccc43)nc12. The molecule has 0 saturated carbocycles. The van der Waals surface area contributed by atoms with E-state index in [0.717, 1.165) is 26.9 Å². The van der Waals surface area contributed by atoms with E-state index in [0.29, 0.717) is 22.8 Å². The van der Waals surface area contributed by atoms with Gasteiger partial charge in [-0.1, -0.05) is 65.9 Å². The standard InChI is InChI=1S/C25H21N3O3S/c1-16-12-13-17(2)23-22(16)26-24(32-23)28(14-18-8-4-3-5-9-18)21(29)15-27-19-10-6-7-11-20(19)31-25(27)30/h3-13H,14-15H2,1-2H3. The number of oxazole rings is 1. The summed E-state index contributed by atoms with van der Waals surface area (Å²) in [7, 11) is 0. The van der Waals surface area contributed by atoms with Gasteiger partial charge in [-0.2, -0.15) is 0 Å². The summed E-state index contributed by atoms with van der Waals surface area (Å²) in [6, 6.07) is 21.0. The van der Waals surface area contributed by atoms with Crippen molar-refractivity contribution in [3.8, 4) is 0 Å². The predicted molar refractivity (Wildman–Crippen MR) is 127 cm³/mol. The summed E-state index contributed by atoms with van der Waals surface area (Å²) in [4.78, 5) is 32.5. The first-order valence-corrected chi connectivity index (χ1v) is 11.1. The lowest BCUT2D eigenvalue weighted by atomic mass is 10.1. The van der Waals surface area contributed by atoms with E-state index in [2.05, 4.69) is 6.07 Å². The summed E-state index contributed by atoms with van der Waals surface area (Å²) in [6.07, 6.45) is 0. The van der Waals surface area contributed by atoms with Crippen LogP contribution in [0.15, 0.2) is 75.9 Å².